The summed E-state index contributed by atoms with van der Waals surface area (Å²) in [6, 6.07) is -4.33. The minimum absolute atomic E-state index is 0.198. The molecule has 4 atom stereocenters. The highest BCUT2D eigenvalue weighted by molar-refractivity contribution is 5.95. The molecule has 8 N–H and O–H groups in total. The first-order valence-corrected chi connectivity index (χ1v) is 10.3. The van der Waals surface area contributed by atoms with E-state index in [9.17, 15) is 29.1 Å². The van der Waals surface area contributed by atoms with Crippen LogP contribution in [0.2, 0.25) is 0 Å². The van der Waals surface area contributed by atoms with Crippen molar-refractivity contribution in [3.05, 3.63) is 0 Å². The highest BCUT2D eigenvalue weighted by atomic mass is 16.4. The average Bonchev–Trinajstić information content (AvgIpc) is 2.61. The molecule has 4 amide bonds. The van der Waals surface area contributed by atoms with Crippen LogP contribution in [0.15, 0.2) is 0 Å². The molecule has 31 heavy (non-hydrogen) atoms. The van der Waals surface area contributed by atoms with E-state index >= 15 is 0 Å². The van der Waals surface area contributed by atoms with Crippen LogP contribution >= 0.6 is 0 Å². The summed E-state index contributed by atoms with van der Waals surface area (Å²) < 4.78 is 0. The van der Waals surface area contributed by atoms with Crippen LogP contribution in [0, 0.1) is 17.8 Å². The Hall–Kier alpha value is -2.69. The quantitative estimate of drug-likeness (QED) is 0.212. The van der Waals surface area contributed by atoms with Gasteiger partial charge in [0.2, 0.25) is 23.6 Å². The number of hydrogen-bond donors (Lipinski definition) is 6. The molecule has 0 saturated heterocycles. The number of amides is 4. The summed E-state index contributed by atoms with van der Waals surface area (Å²) in [5.74, 6) is -4.67. The number of rotatable bonds is 13. The molecule has 0 rings (SSSR count). The summed E-state index contributed by atoms with van der Waals surface area (Å²) in [7, 11) is 0. The first-order chi connectivity index (χ1) is 14.2. The zero-order valence-electron chi connectivity index (χ0n) is 19.1. The fourth-order valence-corrected chi connectivity index (χ4v) is 2.85. The van der Waals surface area contributed by atoms with E-state index in [-0.39, 0.29) is 11.8 Å². The Kier molecular flexibility index (Phi) is 11.8. The van der Waals surface area contributed by atoms with Crippen molar-refractivity contribution < 1.29 is 29.1 Å². The zero-order valence-corrected chi connectivity index (χ0v) is 19.1. The lowest BCUT2D eigenvalue weighted by Crippen LogP contribution is -2.59. The average molecular weight is 444 g/mol. The van der Waals surface area contributed by atoms with E-state index in [2.05, 4.69) is 16.0 Å². The minimum Gasteiger partial charge on any atom is -0.480 e. The molecule has 0 aliphatic rings. The van der Waals surface area contributed by atoms with E-state index in [0.29, 0.717) is 6.42 Å². The molecule has 0 saturated carbocycles. The van der Waals surface area contributed by atoms with Crippen LogP contribution in [0.3, 0.4) is 0 Å². The predicted molar refractivity (Wildman–Crippen MR) is 114 cm³/mol. The maximum absolute atomic E-state index is 12.8. The fourth-order valence-electron chi connectivity index (χ4n) is 2.85. The fraction of sp³-hybridized carbons (Fsp3) is 0.750. The van der Waals surface area contributed by atoms with Gasteiger partial charge in [-0.25, -0.2) is 4.79 Å². The van der Waals surface area contributed by atoms with Gasteiger partial charge in [0.15, 0.2) is 0 Å². The second kappa shape index (κ2) is 12.9. The van der Waals surface area contributed by atoms with Crippen molar-refractivity contribution in [3.8, 4) is 0 Å². The maximum Gasteiger partial charge on any atom is 0.326 e. The van der Waals surface area contributed by atoms with Gasteiger partial charge in [-0.15, -0.1) is 0 Å². The predicted octanol–water partition coefficient (Wildman–Crippen LogP) is -0.914. The standard InChI is InChI=1S/C20H37N5O6/c1-9(2)7-12(21)17(27)24-16(11(5)6)19(29)25-15(10(3)4)18(28)23-13(20(30)31)8-14(22)26/h9-13,15-16H,7-8,21H2,1-6H3,(H2,22,26)(H,23,28)(H,24,27)(H,25,29)(H,30,31). The van der Waals surface area contributed by atoms with Gasteiger partial charge < -0.3 is 32.5 Å². The van der Waals surface area contributed by atoms with Crippen LogP contribution in [0.4, 0.5) is 0 Å². The molecule has 11 nitrogen and oxygen atoms in total. The molecule has 0 bridgehead atoms. The zero-order chi connectivity index (χ0) is 24.5. The van der Waals surface area contributed by atoms with E-state index in [4.69, 9.17) is 11.5 Å². The third-order valence-electron chi connectivity index (χ3n) is 4.58. The monoisotopic (exact) mass is 443 g/mol. The van der Waals surface area contributed by atoms with Gasteiger partial charge in [0.05, 0.1) is 12.5 Å². The van der Waals surface area contributed by atoms with Crippen LogP contribution in [-0.4, -0.2) is 58.9 Å². The molecule has 0 aliphatic heterocycles. The molecule has 0 aromatic carbocycles. The van der Waals surface area contributed by atoms with Crippen LogP contribution in [0.25, 0.3) is 0 Å². The van der Waals surface area contributed by atoms with E-state index in [1.165, 1.54) is 0 Å². The Morgan fingerprint density at radius 1 is 0.774 bits per heavy atom. The summed E-state index contributed by atoms with van der Waals surface area (Å²) in [4.78, 5) is 60.2. The molecule has 11 heteroatoms. The van der Waals surface area contributed by atoms with Crippen LogP contribution < -0.4 is 27.4 Å². The normalized spacial score (nSPS) is 15.2. The SMILES string of the molecule is CC(C)CC(N)C(=O)NC(C(=O)NC(C(=O)NC(CC(N)=O)C(=O)O)C(C)C)C(C)C. The topological polar surface area (TPSA) is 194 Å². The van der Waals surface area contributed by atoms with Crippen molar-refractivity contribution in [2.75, 3.05) is 0 Å². The lowest BCUT2D eigenvalue weighted by molar-refractivity contribution is -0.144. The second-order valence-electron chi connectivity index (χ2n) is 8.77. The van der Waals surface area contributed by atoms with Crippen molar-refractivity contribution >= 4 is 29.6 Å². The molecule has 4 unspecified atom stereocenters. The molecule has 0 aliphatic carbocycles. The maximum atomic E-state index is 12.8. The number of carbonyl (C=O) groups excluding carboxylic acids is 4. The Morgan fingerprint density at radius 2 is 1.19 bits per heavy atom. The van der Waals surface area contributed by atoms with Crippen molar-refractivity contribution in [2.45, 2.75) is 78.6 Å². The summed E-state index contributed by atoms with van der Waals surface area (Å²) >= 11 is 0. The molecule has 178 valence electrons. The first kappa shape index (κ1) is 28.3. The Bertz CT molecular complexity index is 664. The van der Waals surface area contributed by atoms with Gasteiger partial charge in [-0.3, -0.25) is 19.2 Å². The van der Waals surface area contributed by atoms with E-state index in [0.717, 1.165) is 0 Å². The van der Waals surface area contributed by atoms with Gasteiger partial charge in [-0.1, -0.05) is 41.5 Å². The smallest absolute Gasteiger partial charge is 0.326 e. The molecular formula is C20H37N5O6. The number of nitrogens with two attached hydrogens (primary N) is 2. The third kappa shape index (κ3) is 10.3. The molecule has 0 aromatic heterocycles. The van der Waals surface area contributed by atoms with Crippen molar-refractivity contribution in [2.24, 2.45) is 29.2 Å². The number of carboxylic acids is 1. The largest absolute Gasteiger partial charge is 0.480 e. The van der Waals surface area contributed by atoms with Gasteiger partial charge >= 0.3 is 5.97 Å². The van der Waals surface area contributed by atoms with Gasteiger partial charge in [-0.2, -0.15) is 0 Å². The van der Waals surface area contributed by atoms with Crippen LogP contribution in [-0.2, 0) is 24.0 Å². The number of nitrogens with one attached hydrogen (secondary N) is 3. The van der Waals surface area contributed by atoms with Gasteiger partial charge in [0, 0.05) is 0 Å². The summed E-state index contributed by atoms with van der Waals surface area (Å²) in [5, 5.41) is 16.6. The number of primary amides is 1. The highest BCUT2D eigenvalue weighted by Crippen LogP contribution is 2.09. The summed E-state index contributed by atoms with van der Waals surface area (Å²) in [6.45, 7) is 10.6. The number of carbonyl (C=O) groups is 5. The molecule has 0 fully saturated rings. The van der Waals surface area contributed by atoms with E-state index < -0.39 is 66.1 Å². The van der Waals surface area contributed by atoms with Crippen molar-refractivity contribution in [1.82, 2.24) is 16.0 Å². The van der Waals surface area contributed by atoms with Crippen molar-refractivity contribution in [1.29, 1.82) is 0 Å². The number of hydrogen-bond acceptors (Lipinski definition) is 6. The Balaban J connectivity index is 5.36. The minimum atomic E-state index is -1.52. The van der Waals surface area contributed by atoms with Gasteiger partial charge in [0.1, 0.15) is 18.1 Å². The van der Waals surface area contributed by atoms with Gasteiger partial charge in [0.25, 0.3) is 0 Å². The van der Waals surface area contributed by atoms with E-state index in [1.54, 1.807) is 27.7 Å². The second-order valence-corrected chi connectivity index (χ2v) is 8.77. The summed E-state index contributed by atoms with van der Waals surface area (Å²) in [5.41, 5.74) is 10.9. The lowest BCUT2D eigenvalue weighted by Gasteiger charge is -2.28. The van der Waals surface area contributed by atoms with E-state index in [1.807, 2.05) is 13.8 Å². The Labute approximate surface area is 183 Å². The Morgan fingerprint density at radius 3 is 1.55 bits per heavy atom. The molecule has 0 heterocycles. The molecular weight excluding hydrogens is 406 g/mol. The molecule has 0 radical (unpaired) electrons. The highest BCUT2D eigenvalue weighted by Gasteiger charge is 2.33. The number of aliphatic carboxylic acids is 1. The van der Waals surface area contributed by atoms with Crippen molar-refractivity contribution in [3.63, 3.8) is 0 Å². The van der Waals surface area contributed by atoms with Gasteiger partial charge in [-0.05, 0) is 24.2 Å². The lowest BCUT2D eigenvalue weighted by atomic mass is 9.98. The number of carboxylic acid groups (broad SMARTS) is 1. The van der Waals surface area contributed by atoms with Crippen LogP contribution in [0.1, 0.15) is 54.4 Å². The van der Waals surface area contributed by atoms with Crippen LogP contribution in [0.5, 0.6) is 0 Å². The molecule has 0 spiro atoms. The first-order valence-electron chi connectivity index (χ1n) is 10.3. The third-order valence-corrected chi connectivity index (χ3v) is 4.58. The molecule has 0 aromatic rings. The summed E-state index contributed by atoms with van der Waals surface area (Å²) in [6.07, 6.45) is -0.135.